The molecule has 3 rings (SSSR count). The van der Waals surface area contributed by atoms with Crippen molar-refractivity contribution in [3.05, 3.63) is 58.3 Å². The Morgan fingerprint density at radius 3 is 2.86 bits per heavy atom. The zero-order chi connectivity index (χ0) is 19.9. The van der Waals surface area contributed by atoms with Gasteiger partial charge in [-0.05, 0) is 36.2 Å². The molecule has 1 atom stereocenters. The third-order valence-corrected chi connectivity index (χ3v) is 5.70. The van der Waals surface area contributed by atoms with Gasteiger partial charge in [0.05, 0.1) is 21.6 Å². The number of ketones is 1. The van der Waals surface area contributed by atoms with Gasteiger partial charge in [-0.2, -0.15) is 0 Å². The Kier molecular flexibility index (Phi) is 7.12. The Hall–Kier alpha value is -2.31. The molecule has 146 valence electrons. The summed E-state index contributed by atoms with van der Waals surface area (Å²) in [6.07, 6.45) is 3.47. The van der Waals surface area contributed by atoms with Crippen molar-refractivity contribution >= 4 is 44.8 Å². The quantitative estimate of drug-likeness (QED) is 0.567. The fourth-order valence-electron chi connectivity index (χ4n) is 2.95. The number of hydrogen-bond donors (Lipinski definition) is 1. The molecule has 5 nitrogen and oxygen atoms in total. The third-order valence-electron chi connectivity index (χ3n) is 4.42. The van der Waals surface area contributed by atoms with E-state index < -0.39 is 0 Å². The van der Waals surface area contributed by atoms with E-state index in [9.17, 15) is 9.59 Å². The van der Waals surface area contributed by atoms with Gasteiger partial charge < -0.3 is 5.32 Å². The van der Waals surface area contributed by atoms with Crippen LogP contribution in [-0.2, 0) is 22.4 Å². The summed E-state index contributed by atoms with van der Waals surface area (Å²) in [5.74, 6) is 0.105. The molecule has 0 spiro atoms. The van der Waals surface area contributed by atoms with Crippen molar-refractivity contribution in [2.45, 2.75) is 32.6 Å². The van der Waals surface area contributed by atoms with E-state index in [0.29, 0.717) is 30.8 Å². The fourth-order valence-corrected chi connectivity index (χ4v) is 4.31. The number of halogens is 1. The number of thiazole rings is 1. The van der Waals surface area contributed by atoms with Crippen LogP contribution in [0.5, 0.6) is 0 Å². The standard InChI is InChI=1S/C21H22ClN3O2S/c1-2-17(26)9-14(13-24-20(27)12-16-5-3-4-8-23-16)10-21-25-18-7-6-15(22)11-19(18)28-21/h3-8,11,14H,2,9-10,12-13H2,1H3,(H,24,27)/t14-/m0/s1. The summed E-state index contributed by atoms with van der Waals surface area (Å²) < 4.78 is 1.03. The fraction of sp³-hybridized carbons (Fsp3) is 0.333. The van der Waals surface area contributed by atoms with E-state index in [1.165, 1.54) is 0 Å². The number of benzene rings is 1. The average molecular weight is 416 g/mol. The lowest BCUT2D eigenvalue weighted by molar-refractivity contribution is -0.122. The van der Waals surface area contributed by atoms with E-state index in [2.05, 4.69) is 15.3 Å². The van der Waals surface area contributed by atoms with E-state index in [1.54, 1.807) is 17.5 Å². The molecule has 1 N–H and O–H groups in total. The van der Waals surface area contributed by atoms with Gasteiger partial charge in [0.25, 0.3) is 0 Å². The highest BCUT2D eigenvalue weighted by molar-refractivity contribution is 7.18. The van der Waals surface area contributed by atoms with Crippen LogP contribution in [0.3, 0.4) is 0 Å². The highest BCUT2D eigenvalue weighted by atomic mass is 35.5. The molecule has 0 fully saturated rings. The molecular formula is C21H22ClN3O2S. The number of Topliss-reactive ketones (excluding diaryl/α,β-unsaturated/α-hetero) is 1. The maximum absolute atomic E-state index is 12.2. The lowest BCUT2D eigenvalue weighted by Gasteiger charge is -2.15. The number of carbonyl (C=O) groups is 2. The van der Waals surface area contributed by atoms with Crippen LogP contribution in [0, 0.1) is 5.92 Å². The van der Waals surface area contributed by atoms with E-state index in [-0.39, 0.29) is 24.0 Å². The zero-order valence-electron chi connectivity index (χ0n) is 15.7. The molecule has 0 aliphatic carbocycles. The molecule has 0 bridgehead atoms. The summed E-state index contributed by atoms with van der Waals surface area (Å²) >= 11 is 7.64. The zero-order valence-corrected chi connectivity index (χ0v) is 17.2. The predicted molar refractivity (Wildman–Crippen MR) is 113 cm³/mol. The minimum Gasteiger partial charge on any atom is -0.355 e. The van der Waals surface area contributed by atoms with Gasteiger partial charge in [0.1, 0.15) is 5.78 Å². The van der Waals surface area contributed by atoms with Crippen molar-refractivity contribution in [3.8, 4) is 0 Å². The average Bonchev–Trinajstić information content (AvgIpc) is 3.08. The van der Waals surface area contributed by atoms with Gasteiger partial charge in [-0.15, -0.1) is 11.3 Å². The Bertz CT molecular complexity index is 959. The highest BCUT2D eigenvalue weighted by Gasteiger charge is 2.18. The highest BCUT2D eigenvalue weighted by Crippen LogP contribution is 2.27. The van der Waals surface area contributed by atoms with Crippen molar-refractivity contribution < 1.29 is 9.59 Å². The van der Waals surface area contributed by atoms with Crippen molar-refractivity contribution in [2.24, 2.45) is 5.92 Å². The normalized spacial score (nSPS) is 12.1. The van der Waals surface area contributed by atoms with Crippen molar-refractivity contribution in [3.63, 3.8) is 0 Å². The number of carbonyl (C=O) groups excluding carboxylic acids is 2. The van der Waals surface area contributed by atoms with Crippen LogP contribution in [0.2, 0.25) is 5.02 Å². The van der Waals surface area contributed by atoms with Gasteiger partial charge >= 0.3 is 0 Å². The molecule has 0 unspecified atom stereocenters. The van der Waals surface area contributed by atoms with Crippen LogP contribution in [0.1, 0.15) is 30.5 Å². The summed E-state index contributed by atoms with van der Waals surface area (Å²) in [4.78, 5) is 33.1. The van der Waals surface area contributed by atoms with Gasteiger partial charge in [-0.1, -0.05) is 24.6 Å². The predicted octanol–water partition coefficient (Wildman–Crippen LogP) is 4.23. The maximum atomic E-state index is 12.2. The van der Waals surface area contributed by atoms with Crippen LogP contribution in [0.15, 0.2) is 42.6 Å². The van der Waals surface area contributed by atoms with Crippen molar-refractivity contribution in [2.75, 3.05) is 6.54 Å². The topological polar surface area (TPSA) is 72.0 Å². The number of amides is 1. The first-order valence-electron chi connectivity index (χ1n) is 9.26. The van der Waals surface area contributed by atoms with E-state index in [1.807, 2.05) is 43.3 Å². The maximum Gasteiger partial charge on any atom is 0.226 e. The Morgan fingerprint density at radius 2 is 2.11 bits per heavy atom. The molecule has 0 saturated heterocycles. The second-order valence-electron chi connectivity index (χ2n) is 6.69. The summed E-state index contributed by atoms with van der Waals surface area (Å²) in [6.45, 7) is 2.30. The number of rotatable bonds is 9. The largest absolute Gasteiger partial charge is 0.355 e. The number of pyridine rings is 1. The second kappa shape index (κ2) is 9.75. The minimum absolute atomic E-state index is 0.0103. The number of nitrogens with zero attached hydrogens (tertiary/aromatic N) is 2. The van der Waals surface area contributed by atoms with E-state index >= 15 is 0 Å². The van der Waals surface area contributed by atoms with E-state index in [0.717, 1.165) is 20.9 Å². The Balaban J connectivity index is 1.64. The van der Waals surface area contributed by atoms with Crippen LogP contribution >= 0.6 is 22.9 Å². The minimum atomic E-state index is -0.0938. The molecule has 3 aromatic rings. The molecular weight excluding hydrogens is 394 g/mol. The van der Waals surface area contributed by atoms with Gasteiger partial charge in [0.2, 0.25) is 5.91 Å². The number of aromatic nitrogens is 2. The Labute approximate surface area is 173 Å². The number of fused-ring (bicyclic) bond motifs is 1. The van der Waals surface area contributed by atoms with Gasteiger partial charge in [0.15, 0.2) is 0 Å². The number of nitrogens with one attached hydrogen (secondary N) is 1. The summed E-state index contributed by atoms with van der Waals surface area (Å²) in [5.41, 5.74) is 1.63. The van der Waals surface area contributed by atoms with Crippen LogP contribution < -0.4 is 5.32 Å². The molecule has 0 aliphatic heterocycles. The summed E-state index contributed by atoms with van der Waals surface area (Å²) in [6, 6.07) is 11.1. The third kappa shape index (κ3) is 5.84. The SMILES string of the molecule is CCC(=O)C[C@H](CNC(=O)Cc1ccccn1)Cc1nc2ccc(Cl)cc2s1. The van der Waals surface area contributed by atoms with Crippen LogP contribution in [-0.4, -0.2) is 28.2 Å². The van der Waals surface area contributed by atoms with E-state index in [4.69, 9.17) is 11.6 Å². The first kappa shape index (κ1) is 20.4. The molecule has 2 heterocycles. The van der Waals surface area contributed by atoms with Crippen LogP contribution in [0.4, 0.5) is 0 Å². The molecule has 1 aromatic carbocycles. The molecule has 0 radical (unpaired) electrons. The van der Waals surface area contributed by atoms with Crippen molar-refractivity contribution in [1.29, 1.82) is 0 Å². The van der Waals surface area contributed by atoms with Gasteiger partial charge in [-0.3, -0.25) is 14.6 Å². The number of hydrogen-bond acceptors (Lipinski definition) is 5. The molecule has 28 heavy (non-hydrogen) atoms. The first-order chi connectivity index (χ1) is 13.5. The monoisotopic (exact) mass is 415 g/mol. The lowest BCUT2D eigenvalue weighted by atomic mass is 9.97. The van der Waals surface area contributed by atoms with Crippen LogP contribution in [0.25, 0.3) is 10.2 Å². The summed E-state index contributed by atoms with van der Waals surface area (Å²) in [5, 5.41) is 4.58. The molecule has 0 aliphatic rings. The van der Waals surface area contributed by atoms with Crippen molar-refractivity contribution in [1.82, 2.24) is 15.3 Å². The molecule has 7 heteroatoms. The smallest absolute Gasteiger partial charge is 0.226 e. The van der Waals surface area contributed by atoms with Gasteiger partial charge in [0, 0.05) is 42.7 Å². The molecule has 1 amide bonds. The summed E-state index contributed by atoms with van der Waals surface area (Å²) in [7, 11) is 0. The first-order valence-corrected chi connectivity index (χ1v) is 10.5. The lowest BCUT2D eigenvalue weighted by Crippen LogP contribution is -2.32. The molecule has 0 saturated carbocycles. The molecule has 2 aromatic heterocycles. The second-order valence-corrected chi connectivity index (χ2v) is 8.24. The van der Waals surface area contributed by atoms with Gasteiger partial charge in [-0.25, -0.2) is 4.98 Å². The Morgan fingerprint density at radius 1 is 1.25 bits per heavy atom.